The summed E-state index contributed by atoms with van der Waals surface area (Å²) in [6.07, 6.45) is 2.91. The number of rotatable bonds is 2. The summed E-state index contributed by atoms with van der Waals surface area (Å²) in [6, 6.07) is 5.99. The van der Waals surface area contributed by atoms with Crippen molar-refractivity contribution in [2.75, 3.05) is 0 Å². The third-order valence-electron chi connectivity index (χ3n) is 3.47. The summed E-state index contributed by atoms with van der Waals surface area (Å²) >= 11 is 0. The van der Waals surface area contributed by atoms with Crippen LogP contribution >= 0.6 is 0 Å². The van der Waals surface area contributed by atoms with Crippen LogP contribution in [0.2, 0.25) is 0 Å². The van der Waals surface area contributed by atoms with Crippen LogP contribution in [0, 0.1) is 6.92 Å². The molecule has 0 amide bonds. The van der Waals surface area contributed by atoms with Gasteiger partial charge in [-0.2, -0.15) is 0 Å². The van der Waals surface area contributed by atoms with E-state index in [-0.39, 0.29) is 12.2 Å². The van der Waals surface area contributed by atoms with Crippen LogP contribution in [-0.2, 0) is 16.8 Å². The lowest BCUT2D eigenvalue weighted by atomic mass is 9.75. The zero-order valence-corrected chi connectivity index (χ0v) is 9.92. The zero-order valence-electron chi connectivity index (χ0n) is 9.92. The Bertz CT molecular complexity index is 423. The minimum absolute atomic E-state index is 0.0526. The first kappa shape index (κ1) is 11.3. The first-order valence-corrected chi connectivity index (χ1v) is 5.84. The van der Waals surface area contributed by atoms with Gasteiger partial charge in [0.25, 0.3) is 0 Å². The van der Waals surface area contributed by atoms with Crippen molar-refractivity contribution in [1.29, 1.82) is 0 Å². The van der Waals surface area contributed by atoms with Crippen molar-refractivity contribution in [2.45, 2.75) is 45.1 Å². The number of hydrogen-bond donors (Lipinski definition) is 1. The Kier molecular flexibility index (Phi) is 2.85. The molecule has 1 N–H and O–H groups in total. The van der Waals surface area contributed by atoms with Gasteiger partial charge < -0.3 is 5.11 Å². The predicted molar refractivity (Wildman–Crippen MR) is 63.3 cm³/mol. The van der Waals surface area contributed by atoms with Crippen molar-refractivity contribution in [1.82, 2.24) is 0 Å². The van der Waals surface area contributed by atoms with Crippen molar-refractivity contribution in [3.8, 4) is 0 Å². The maximum atomic E-state index is 11.3. The van der Waals surface area contributed by atoms with Gasteiger partial charge in [-0.3, -0.25) is 4.79 Å². The van der Waals surface area contributed by atoms with E-state index in [1.807, 2.05) is 12.1 Å². The molecule has 0 aliphatic heterocycles. The third kappa shape index (κ3) is 1.90. The molecule has 0 aromatic heterocycles. The van der Waals surface area contributed by atoms with Crippen LogP contribution in [0.25, 0.3) is 0 Å². The van der Waals surface area contributed by atoms with Crippen molar-refractivity contribution >= 4 is 5.78 Å². The lowest BCUT2D eigenvalue weighted by Crippen LogP contribution is -2.33. The predicted octanol–water partition coefficient (Wildman–Crippen LogP) is 2.50. The molecule has 1 aromatic rings. The molecular weight excluding hydrogens is 200 g/mol. The average molecular weight is 218 g/mol. The molecule has 0 radical (unpaired) electrons. The number of carbonyl (C=O) groups excluding carboxylic acids is 1. The topological polar surface area (TPSA) is 37.3 Å². The highest BCUT2D eigenvalue weighted by atomic mass is 16.3. The number of aryl methyl sites for hydroxylation is 1. The van der Waals surface area contributed by atoms with Crippen LogP contribution in [0.4, 0.5) is 0 Å². The van der Waals surface area contributed by atoms with Gasteiger partial charge in [-0.05, 0) is 49.8 Å². The van der Waals surface area contributed by atoms with Gasteiger partial charge >= 0.3 is 0 Å². The standard InChI is InChI=1S/C14H18O2/c1-10-5-3-7-13-12(10)6-4-8-14(13,16)9-11(2)15/h3,5,7,16H,4,6,8-9H2,1-2H3. The third-order valence-corrected chi connectivity index (χ3v) is 3.47. The minimum Gasteiger partial charge on any atom is -0.385 e. The van der Waals surface area contributed by atoms with Crippen molar-refractivity contribution in [3.05, 3.63) is 34.9 Å². The zero-order chi connectivity index (χ0) is 11.8. The molecule has 1 atom stereocenters. The number of hydrogen-bond acceptors (Lipinski definition) is 2. The molecule has 1 aliphatic rings. The molecule has 2 heteroatoms. The van der Waals surface area contributed by atoms with E-state index >= 15 is 0 Å². The molecule has 2 nitrogen and oxygen atoms in total. The van der Waals surface area contributed by atoms with Crippen LogP contribution in [0.3, 0.4) is 0 Å². The van der Waals surface area contributed by atoms with E-state index in [2.05, 4.69) is 13.0 Å². The van der Waals surface area contributed by atoms with Crippen molar-refractivity contribution < 1.29 is 9.90 Å². The van der Waals surface area contributed by atoms with E-state index in [1.54, 1.807) is 6.92 Å². The van der Waals surface area contributed by atoms with Gasteiger partial charge in [0.05, 0.1) is 5.60 Å². The number of Topliss-reactive ketones (excluding diaryl/α,β-unsaturated/α-hetero) is 1. The van der Waals surface area contributed by atoms with Crippen LogP contribution in [-0.4, -0.2) is 10.9 Å². The van der Waals surface area contributed by atoms with E-state index in [0.29, 0.717) is 6.42 Å². The summed E-state index contributed by atoms with van der Waals surface area (Å²) in [5.74, 6) is 0.0526. The number of carbonyl (C=O) groups is 1. The Balaban J connectivity index is 2.47. The summed E-state index contributed by atoms with van der Waals surface area (Å²) in [5.41, 5.74) is 2.50. The highest BCUT2D eigenvalue weighted by Gasteiger charge is 2.35. The Morgan fingerprint density at radius 1 is 1.50 bits per heavy atom. The van der Waals surface area contributed by atoms with Gasteiger partial charge in [0, 0.05) is 6.42 Å². The molecule has 0 saturated heterocycles. The maximum Gasteiger partial charge on any atom is 0.133 e. The smallest absolute Gasteiger partial charge is 0.133 e. The second-order valence-corrected chi connectivity index (χ2v) is 4.86. The molecule has 0 bridgehead atoms. The van der Waals surface area contributed by atoms with Crippen molar-refractivity contribution in [3.63, 3.8) is 0 Å². The molecule has 16 heavy (non-hydrogen) atoms. The monoisotopic (exact) mass is 218 g/mol. The second kappa shape index (κ2) is 4.02. The van der Waals surface area contributed by atoms with Crippen LogP contribution < -0.4 is 0 Å². The summed E-state index contributed by atoms with van der Waals surface area (Å²) in [7, 11) is 0. The Labute approximate surface area is 96.3 Å². The Morgan fingerprint density at radius 2 is 2.25 bits per heavy atom. The number of ketones is 1. The molecular formula is C14H18O2. The highest BCUT2D eigenvalue weighted by Crippen LogP contribution is 2.39. The molecule has 0 spiro atoms. The fourth-order valence-corrected chi connectivity index (χ4v) is 2.76. The molecule has 1 aliphatic carbocycles. The van der Waals surface area contributed by atoms with E-state index in [4.69, 9.17) is 0 Å². The number of fused-ring (bicyclic) bond motifs is 1. The van der Waals surface area contributed by atoms with Crippen LogP contribution in [0.1, 0.15) is 42.9 Å². The first-order chi connectivity index (χ1) is 7.53. The SMILES string of the molecule is CC(=O)CC1(O)CCCc2c(C)cccc21. The number of aliphatic hydroxyl groups is 1. The van der Waals surface area contributed by atoms with E-state index in [1.165, 1.54) is 11.1 Å². The van der Waals surface area contributed by atoms with Gasteiger partial charge in [0.15, 0.2) is 0 Å². The van der Waals surface area contributed by atoms with Gasteiger partial charge in [-0.1, -0.05) is 18.2 Å². The summed E-state index contributed by atoms with van der Waals surface area (Å²) < 4.78 is 0. The lowest BCUT2D eigenvalue weighted by Gasteiger charge is -2.34. The minimum atomic E-state index is -0.925. The maximum absolute atomic E-state index is 11.3. The van der Waals surface area contributed by atoms with Crippen LogP contribution in [0.15, 0.2) is 18.2 Å². The highest BCUT2D eigenvalue weighted by molar-refractivity contribution is 5.77. The molecule has 2 rings (SSSR count). The van der Waals surface area contributed by atoms with Gasteiger partial charge in [0.1, 0.15) is 5.78 Å². The first-order valence-electron chi connectivity index (χ1n) is 5.84. The van der Waals surface area contributed by atoms with Crippen molar-refractivity contribution in [2.24, 2.45) is 0 Å². The molecule has 86 valence electrons. The lowest BCUT2D eigenvalue weighted by molar-refractivity contribution is -0.122. The summed E-state index contributed by atoms with van der Waals surface area (Å²) in [4.78, 5) is 11.3. The quantitative estimate of drug-likeness (QED) is 0.828. The second-order valence-electron chi connectivity index (χ2n) is 4.86. The van der Waals surface area contributed by atoms with Crippen LogP contribution in [0.5, 0.6) is 0 Å². The van der Waals surface area contributed by atoms with E-state index in [9.17, 15) is 9.90 Å². The fourth-order valence-electron chi connectivity index (χ4n) is 2.76. The molecule has 1 aromatic carbocycles. The number of benzene rings is 1. The average Bonchev–Trinajstić information content (AvgIpc) is 2.18. The van der Waals surface area contributed by atoms with E-state index < -0.39 is 5.60 Å². The summed E-state index contributed by atoms with van der Waals surface area (Å²) in [6.45, 7) is 3.61. The normalized spacial score (nSPS) is 23.9. The fraction of sp³-hybridized carbons (Fsp3) is 0.500. The molecule has 0 fully saturated rings. The van der Waals surface area contributed by atoms with E-state index in [0.717, 1.165) is 18.4 Å². The largest absolute Gasteiger partial charge is 0.385 e. The van der Waals surface area contributed by atoms with Gasteiger partial charge in [0.2, 0.25) is 0 Å². The molecule has 0 saturated carbocycles. The Morgan fingerprint density at radius 3 is 2.94 bits per heavy atom. The molecule has 1 unspecified atom stereocenters. The summed E-state index contributed by atoms with van der Waals surface area (Å²) in [5, 5.41) is 10.6. The van der Waals surface area contributed by atoms with Gasteiger partial charge in [-0.25, -0.2) is 0 Å². The molecule has 0 heterocycles. The van der Waals surface area contributed by atoms with Gasteiger partial charge in [-0.15, -0.1) is 0 Å². The Hall–Kier alpha value is -1.15.